The van der Waals surface area contributed by atoms with Crippen molar-refractivity contribution >= 4 is 38.0 Å². The van der Waals surface area contributed by atoms with E-state index < -0.39 is 10.0 Å². The molecule has 1 saturated heterocycles. The van der Waals surface area contributed by atoms with Crippen molar-refractivity contribution in [2.45, 2.75) is 36.9 Å². The fourth-order valence-corrected chi connectivity index (χ4v) is 7.05. The summed E-state index contributed by atoms with van der Waals surface area (Å²) in [6.07, 6.45) is 1.38. The average Bonchev–Trinajstić information content (AvgIpc) is 3.20. The largest absolute Gasteiger partial charge is 0.349 e. The Morgan fingerprint density at radius 2 is 1.90 bits per heavy atom. The maximum absolute atomic E-state index is 13.0. The molecule has 4 rings (SSSR count). The van der Waals surface area contributed by atoms with E-state index in [0.717, 1.165) is 21.2 Å². The number of rotatable bonds is 5. The van der Waals surface area contributed by atoms with Crippen molar-refractivity contribution in [2.75, 3.05) is 13.1 Å². The number of thiophene rings is 1. The number of nitrogens with zero attached hydrogens (tertiary/aromatic N) is 1. The molecule has 158 valence electrons. The minimum absolute atomic E-state index is 0.0855. The van der Waals surface area contributed by atoms with Crippen LogP contribution in [0.15, 0.2) is 58.8 Å². The van der Waals surface area contributed by atoms with Crippen molar-refractivity contribution in [1.29, 1.82) is 0 Å². The van der Waals surface area contributed by atoms with E-state index in [1.165, 1.54) is 15.6 Å². The van der Waals surface area contributed by atoms with Gasteiger partial charge in [-0.05, 0) is 55.2 Å². The van der Waals surface area contributed by atoms with Crippen molar-refractivity contribution in [3.63, 3.8) is 0 Å². The highest BCUT2D eigenvalue weighted by molar-refractivity contribution is 7.91. The first-order chi connectivity index (χ1) is 14.4. The van der Waals surface area contributed by atoms with Gasteiger partial charge in [0.1, 0.15) is 4.21 Å². The molecule has 2 atom stereocenters. The molecule has 2 unspecified atom stereocenters. The summed E-state index contributed by atoms with van der Waals surface area (Å²) < 4.78 is 27.7. The number of nitrogens with one attached hydrogen (secondary N) is 1. The summed E-state index contributed by atoms with van der Waals surface area (Å²) in [5, 5.41) is 5.37. The number of fused-ring (bicyclic) bond motifs is 1. The van der Waals surface area contributed by atoms with Crippen LogP contribution in [0.4, 0.5) is 0 Å². The second-order valence-electron chi connectivity index (χ2n) is 7.87. The summed E-state index contributed by atoms with van der Waals surface area (Å²) in [5.41, 5.74) is 1.07. The van der Waals surface area contributed by atoms with Gasteiger partial charge in [0, 0.05) is 18.0 Å². The Bertz CT molecular complexity index is 1160. The van der Waals surface area contributed by atoms with E-state index in [0.29, 0.717) is 23.6 Å². The van der Waals surface area contributed by atoms with Gasteiger partial charge in [-0.3, -0.25) is 4.79 Å². The van der Waals surface area contributed by atoms with E-state index >= 15 is 0 Å². The zero-order chi connectivity index (χ0) is 21.3. The Morgan fingerprint density at radius 3 is 2.67 bits per heavy atom. The number of hydrogen-bond acceptors (Lipinski definition) is 4. The van der Waals surface area contributed by atoms with Crippen molar-refractivity contribution in [3.05, 3.63) is 65.0 Å². The maximum Gasteiger partial charge on any atom is 0.252 e. The van der Waals surface area contributed by atoms with Gasteiger partial charge in [-0.25, -0.2) is 8.42 Å². The highest BCUT2D eigenvalue weighted by atomic mass is 32.2. The minimum atomic E-state index is -3.55. The van der Waals surface area contributed by atoms with E-state index in [1.807, 2.05) is 44.2 Å². The SMILES string of the molecule is Cc1ccc(S(=O)(=O)N2CCCC(C(=O)NC(C)c3cccc4ccccc34)C2)s1. The van der Waals surface area contributed by atoms with E-state index in [9.17, 15) is 13.2 Å². The topological polar surface area (TPSA) is 66.5 Å². The molecule has 1 aliphatic rings. The molecule has 1 N–H and O–H groups in total. The maximum atomic E-state index is 13.0. The van der Waals surface area contributed by atoms with E-state index in [4.69, 9.17) is 0 Å². The molecule has 5 nitrogen and oxygen atoms in total. The lowest BCUT2D eigenvalue weighted by Crippen LogP contribution is -2.45. The van der Waals surface area contributed by atoms with Crippen LogP contribution in [0, 0.1) is 12.8 Å². The minimum Gasteiger partial charge on any atom is -0.349 e. The van der Waals surface area contributed by atoms with E-state index in [2.05, 4.69) is 23.5 Å². The first kappa shape index (κ1) is 21.0. The molecular weight excluding hydrogens is 416 g/mol. The third-order valence-corrected chi connectivity index (χ3v) is 9.05. The van der Waals surface area contributed by atoms with Crippen LogP contribution in [0.5, 0.6) is 0 Å². The molecule has 2 heterocycles. The number of aryl methyl sites for hydroxylation is 1. The Hall–Kier alpha value is -2.22. The highest BCUT2D eigenvalue weighted by Gasteiger charge is 2.34. The van der Waals surface area contributed by atoms with Gasteiger partial charge in [0.05, 0.1) is 12.0 Å². The average molecular weight is 443 g/mol. The van der Waals surface area contributed by atoms with Crippen LogP contribution in [0.3, 0.4) is 0 Å². The number of piperidine rings is 1. The summed E-state index contributed by atoms with van der Waals surface area (Å²) in [4.78, 5) is 14.0. The molecule has 30 heavy (non-hydrogen) atoms. The van der Waals surface area contributed by atoms with Crippen LogP contribution in [0.2, 0.25) is 0 Å². The smallest absolute Gasteiger partial charge is 0.252 e. The van der Waals surface area contributed by atoms with Crippen LogP contribution >= 0.6 is 11.3 Å². The molecule has 1 amide bonds. The molecule has 1 fully saturated rings. The Morgan fingerprint density at radius 1 is 1.13 bits per heavy atom. The van der Waals surface area contributed by atoms with Gasteiger partial charge in [0.2, 0.25) is 5.91 Å². The molecule has 0 saturated carbocycles. The summed E-state index contributed by atoms with van der Waals surface area (Å²) >= 11 is 1.28. The second-order valence-corrected chi connectivity index (χ2v) is 11.3. The Labute approximate surface area is 181 Å². The zero-order valence-corrected chi connectivity index (χ0v) is 18.8. The van der Waals surface area contributed by atoms with Crippen molar-refractivity contribution in [3.8, 4) is 0 Å². The lowest BCUT2D eigenvalue weighted by Gasteiger charge is -2.31. The van der Waals surface area contributed by atoms with Crippen LogP contribution in [-0.2, 0) is 14.8 Å². The second kappa shape index (κ2) is 8.49. The molecule has 1 aliphatic heterocycles. The van der Waals surface area contributed by atoms with Gasteiger partial charge in [-0.15, -0.1) is 11.3 Å². The standard InChI is InChI=1S/C23H26N2O3S2/c1-16-12-13-22(29-16)30(27,28)25-14-6-9-19(15-25)23(26)24-17(2)20-11-5-8-18-7-3-4-10-21(18)20/h3-5,7-8,10-13,17,19H,6,9,14-15H2,1-2H3,(H,24,26). The molecular formula is C23H26N2O3S2. The number of benzene rings is 2. The van der Waals surface area contributed by atoms with Gasteiger partial charge in [-0.1, -0.05) is 42.5 Å². The fourth-order valence-electron chi connectivity index (χ4n) is 4.09. The van der Waals surface area contributed by atoms with E-state index in [1.54, 1.807) is 6.07 Å². The predicted octanol–water partition coefficient (Wildman–Crippen LogP) is 4.49. The normalized spacial score (nSPS) is 18.9. The quantitative estimate of drug-likeness (QED) is 0.633. The molecule has 0 spiro atoms. The summed E-state index contributed by atoms with van der Waals surface area (Å²) in [6, 6.07) is 17.5. The summed E-state index contributed by atoms with van der Waals surface area (Å²) in [7, 11) is -3.55. The van der Waals surface area contributed by atoms with Gasteiger partial charge >= 0.3 is 0 Å². The number of hydrogen-bond donors (Lipinski definition) is 1. The molecule has 2 aromatic carbocycles. The highest BCUT2D eigenvalue weighted by Crippen LogP contribution is 2.29. The van der Waals surface area contributed by atoms with Gasteiger partial charge < -0.3 is 5.32 Å². The summed E-state index contributed by atoms with van der Waals surface area (Å²) in [5.74, 6) is -0.426. The van der Waals surface area contributed by atoms with Crippen LogP contribution in [-0.4, -0.2) is 31.7 Å². The number of carbonyl (C=O) groups is 1. The third kappa shape index (κ3) is 4.15. The Balaban J connectivity index is 1.48. The fraction of sp³-hybridized carbons (Fsp3) is 0.348. The lowest BCUT2D eigenvalue weighted by molar-refractivity contribution is -0.126. The number of amides is 1. The Kier molecular flexibility index (Phi) is 5.95. The van der Waals surface area contributed by atoms with Crippen LogP contribution < -0.4 is 5.32 Å². The first-order valence-electron chi connectivity index (χ1n) is 10.2. The van der Waals surface area contributed by atoms with Crippen LogP contribution in [0.25, 0.3) is 10.8 Å². The van der Waals surface area contributed by atoms with Crippen molar-refractivity contribution in [2.24, 2.45) is 5.92 Å². The zero-order valence-electron chi connectivity index (χ0n) is 17.2. The lowest BCUT2D eigenvalue weighted by atomic mass is 9.96. The molecule has 1 aromatic heterocycles. The molecule has 7 heteroatoms. The van der Waals surface area contributed by atoms with Crippen LogP contribution in [0.1, 0.15) is 36.2 Å². The first-order valence-corrected chi connectivity index (χ1v) is 12.5. The monoisotopic (exact) mass is 442 g/mol. The van der Waals surface area contributed by atoms with E-state index in [-0.39, 0.29) is 24.4 Å². The molecule has 0 radical (unpaired) electrons. The van der Waals surface area contributed by atoms with Gasteiger partial charge in [-0.2, -0.15) is 4.31 Å². The molecule has 0 bridgehead atoms. The predicted molar refractivity (Wildman–Crippen MR) is 121 cm³/mol. The molecule has 3 aromatic rings. The van der Waals surface area contributed by atoms with Crippen molar-refractivity contribution < 1.29 is 13.2 Å². The third-order valence-electron chi connectivity index (χ3n) is 5.71. The van der Waals surface area contributed by atoms with Gasteiger partial charge in [0.25, 0.3) is 10.0 Å². The number of carbonyl (C=O) groups excluding carboxylic acids is 1. The molecule has 0 aliphatic carbocycles. The number of sulfonamides is 1. The van der Waals surface area contributed by atoms with Crippen molar-refractivity contribution in [1.82, 2.24) is 9.62 Å². The van der Waals surface area contributed by atoms with Gasteiger partial charge in [0.15, 0.2) is 0 Å². The summed E-state index contributed by atoms with van der Waals surface area (Å²) in [6.45, 7) is 4.56.